The predicted molar refractivity (Wildman–Crippen MR) is 118 cm³/mol. The van der Waals surface area contributed by atoms with Crippen LogP contribution >= 0.6 is 0 Å². The molecule has 0 aliphatic heterocycles. The summed E-state index contributed by atoms with van der Waals surface area (Å²) < 4.78 is 7.09. The van der Waals surface area contributed by atoms with Gasteiger partial charge in [-0.3, -0.25) is 14.8 Å². The van der Waals surface area contributed by atoms with Gasteiger partial charge in [-0.25, -0.2) is 4.79 Å². The molecule has 0 bridgehead atoms. The number of nitrogens with one attached hydrogen (secondary N) is 1. The van der Waals surface area contributed by atoms with Crippen LogP contribution < -0.4 is 5.32 Å². The van der Waals surface area contributed by atoms with E-state index in [9.17, 15) is 9.59 Å². The van der Waals surface area contributed by atoms with Gasteiger partial charge in [0.2, 0.25) is 0 Å². The van der Waals surface area contributed by atoms with Crippen molar-refractivity contribution in [3.63, 3.8) is 0 Å². The molecule has 31 heavy (non-hydrogen) atoms. The van der Waals surface area contributed by atoms with E-state index in [-0.39, 0.29) is 12.5 Å². The lowest BCUT2D eigenvalue weighted by molar-refractivity contribution is -0.136. The largest absolute Gasteiger partial charge is 0.481 e. The highest BCUT2D eigenvalue weighted by Crippen LogP contribution is 2.34. The molecule has 1 aromatic heterocycles. The van der Waals surface area contributed by atoms with Crippen LogP contribution in [0.2, 0.25) is 0 Å². The smallest absolute Gasteiger partial charge is 0.413 e. The Bertz CT molecular complexity index is 1080. The van der Waals surface area contributed by atoms with Gasteiger partial charge >= 0.3 is 12.1 Å². The number of hydrogen-bond donors (Lipinski definition) is 2. The molecule has 2 aromatic carbocycles. The zero-order valence-electron chi connectivity index (χ0n) is 17.5. The number of aryl methyl sites for hydroxylation is 1. The second-order valence-corrected chi connectivity index (χ2v) is 7.95. The zero-order valence-corrected chi connectivity index (χ0v) is 17.5. The summed E-state index contributed by atoms with van der Waals surface area (Å²) in [6.07, 6.45) is 3.40. The van der Waals surface area contributed by atoms with Crippen LogP contribution in [-0.2, 0) is 23.0 Å². The van der Waals surface area contributed by atoms with E-state index in [1.807, 2.05) is 55.5 Å². The molecule has 1 atom stereocenters. The molecule has 7 heteroatoms. The molecular formula is C24H25N3O4. The van der Waals surface area contributed by atoms with E-state index in [1.54, 1.807) is 17.9 Å². The monoisotopic (exact) mass is 419 g/mol. The van der Waals surface area contributed by atoms with Crippen molar-refractivity contribution in [2.45, 2.75) is 32.3 Å². The number of carbonyl (C=O) groups is 2. The van der Waals surface area contributed by atoms with Crippen LogP contribution in [0.3, 0.4) is 0 Å². The van der Waals surface area contributed by atoms with Crippen molar-refractivity contribution in [3.8, 4) is 22.3 Å². The minimum Gasteiger partial charge on any atom is -0.481 e. The molecule has 1 aliphatic carbocycles. The third-order valence-corrected chi connectivity index (χ3v) is 5.58. The minimum atomic E-state index is -0.844. The van der Waals surface area contributed by atoms with Gasteiger partial charge in [0.05, 0.1) is 12.6 Å². The van der Waals surface area contributed by atoms with Crippen LogP contribution in [0.25, 0.3) is 22.3 Å². The predicted octanol–water partition coefficient (Wildman–Crippen LogP) is 4.73. The van der Waals surface area contributed by atoms with Gasteiger partial charge in [-0.15, -0.1) is 0 Å². The lowest BCUT2D eigenvalue weighted by atomic mass is 10.00. The molecule has 1 heterocycles. The summed E-state index contributed by atoms with van der Waals surface area (Å²) in [7, 11) is 1.77. The Hall–Kier alpha value is -3.61. The first-order valence-electron chi connectivity index (χ1n) is 10.3. The highest BCUT2D eigenvalue weighted by molar-refractivity contribution is 5.90. The van der Waals surface area contributed by atoms with E-state index in [2.05, 4.69) is 10.4 Å². The van der Waals surface area contributed by atoms with Crippen LogP contribution in [0, 0.1) is 5.92 Å². The Balaban J connectivity index is 1.49. The van der Waals surface area contributed by atoms with E-state index < -0.39 is 12.1 Å². The third-order valence-electron chi connectivity index (χ3n) is 5.58. The van der Waals surface area contributed by atoms with Gasteiger partial charge in [-0.05, 0) is 47.9 Å². The molecule has 1 aliphatic rings. The van der Waals surface area contributed by atoms with Gasteiger partial charge in [0, 0.05) is 12.6 Å². The van der Waals surface area contributed by atoms with Crippen LogP contribution in [0.4, 0.5) is 10.6 Å². The minimum absolute atomic E-state index is 0.0118. The van der Waals surface area contributed by atoms with Gasteiger partial charge in [0.15, 0.2) is 0 Å². The maximum atomic E-state index is 12.3. The summed E-state index contributed by atoms with van der Waals surface area (Å²) >= 11 is 0. The van der Waals surface area contributed by atoms with Crippen molar-refractivity contribution in [2.75, 3.05) is 5.32 Å². The number of carbonyl (C=O) groups excluding carboxylic acids is 1. The number of amides is 1. The first kappa shape index (κ1) is 20.7. The summed E-state index contributed by atoms with van der Waals surface area (Å²) in [5, 5.41) is 16.0. The van der Waals surface area contributed by atoms with Crippen LogP contribution in [-0.4, -0.2) is 33.1 Å². The average molecular weight is 419 g/mol. The number of anilines is 1. The molecule has 0 radical (unpaired) electrons. The Morgan fingerprint density at radius 2 is 1.68 bits per heavy atom. The molecule has 3 aromatic rings. The molecule has 7 nitrogen and oxygen atoms in total. The second kappa shape index (κ2) is 8.63. The Morgan fingerprint density at radius 3 is 2.26 bits per heavy atom. The fraction of sp³-hybridized carbons (Fsp3) is 0.292. The molecule has 1 unspecified atom stereocenters. The van der Waals surface area contributed by atoms with Crippen molar-refractivity contribution >= 4 is 17.9 Å². The lowest BCUT2D eigenvalue weighted by Gasteiger charge is -2.14. The summed E-state index contributed by atoms with van der Waals surface area (Å²) in [6.45, 7) is 1.92. The maximum Gasteiger partial charge on any atom is 0.413 e. The van der Waals surface area contributed by atoms with Gasteiger partial charge in [0.1, 0.15) is 11.9 Å². The highest BCUT2D eigenvalue weighted by atomic mass is 16.6. The number of ether oxygens (including phenoxy) is 1. The number of hydrogen-bond acceptors (Lipinski definition) is 4. The number of aliphatic carboxylic acids is 1. The van der Waals surface area contributed by atoms with E-state index >= 15 is 0 Å². The van der Waals surface area contributed by atoms with Crippen molar-refractivity contribution < 1.29 is 19.4 Å². The summed E-state index contributed by atoms with van der Waals surface area (Å²) in [4.78, 5) is 23.1. The molecule has 1 amide bonds. The number of benzene rings is 2. The average Bonchev–Trinajstić information content (AvgIpc) is 3.54. The van der Waals surface area contributed by atoms with E-state index in [1.165, 1.54) is 0 Å². The fourth-order valence-corrected chi connectivity index (χ4v) is 3.59. The van der Waals surface area contributed by atoms with Crippen molar-refractivity contribution in [3.05, 3.63) is 60.3 Å². The summed E-state index contributed by atoms with van der Waals surface area (Å²) in [5.41, 5.74) is 4.51. The third kappa shape index (κ3) is 4.94. The normalized spacial score (nSPS) is 14.1. The molecular weight excluding hydrogens is 394 g/mol. The van der Waals surface area contributed by atoms with Crippen molar-refractivity contribution in [2.24, 2.45) is 13.0 Å². The number of nitrogens with zero attached hydrogens (tertiary/aromatic N) is 2. The zero-order chi connectivity index (χ0) is 22.0. The maximum absolute atomic E-state index is 12.3. The summed E-state index contributed by atoms with van der Waals surface area (Å²) in [5.74, 6) is 0.213. The van der Waals surface area contributed by atoms with Crippen LogP contribution in [0.1, 0.15) is 25.3 Å². The van der Waals surface area contributed by atoms with Gasteiger partial charge in [0.25, 0.3) is 0 Å². The molecule has 1 saturated carbocycles. The van der Waals surface area contributed by atoms with Crippen LogP contribution in [0.15, 0.2) is 54.7 Å². The molecule has 4 rings (SSSR count). The number of carboxylic acid groups (broad SMARTS) is 1. The first-order valence-corrected chi connectivity index (χ1v) is 10.3. The van der Waals surface area contributed by atoms with Gasteiger partial charge in [-0.1, -0.05) is 48.5 Å². The van der Waals surface area contributed by atoms with E-state index in [0.29, 0.717) is 11.7 Å². The second-order valence-electron chi connectivity index (χ2n) is 7.95. The van der Waals surface area contributed by atoms with E-state index in [0.717, 1.165) is 40.7 Å². The lowest BCUT2D eigenvalue weighted by Crippen LogP contribution is -2.22. The highest BCUT2D eigenvalue weighted by Gasteiger charge is 2.31. The molecule has 0 saturated heterocycles. The molecule has 160 valence electrons. The number of carboxylic acids is 1. The fourth-order valence-electron chi connectivity index (χ4n) is 3.59. The Kier molecular flexibility index (Phi) is 5.75. The molecule has 1 fully saturated rings. The molecule has 0 spiro atoms. The van der Waals surface area contributed by atoms with Crippen molar-refractivity contribution in [1.29, 1.82) is 0 Å². The Morgan fingerprint density at radius 1 is 1.10 bits per heavy atom. The summed E-state index contributed by atoms with van der Waals surface area (Å²) in [6, 6.07) is 15.4. The van der Waals surface area contributed by atoms with Gasteiger partial charge < -0.3 is 9.84 Å². The van der Waals surface area contributed by atoms with Crippen LogP contribution in [0.5, 0.6) is 0 Å². The van der Waals surface area contributed by atoms with E-state index in [4.69, 9.17) is 9.84 Å². The Labute approximate surface area is 180 Å². The SMILES string of the molecule is CC(OC(=O)Nc1c(-c2ccc(-c3ccc(CC(=O)O)cc3)cc2)cnn1C)C1CC1. The standard InChI is InChI=1S/C24H25N3O4/c1-15(17-7-8-17)31-24(30)26-23-21(14-25-27(23)2)20-11-9-19(10-12-20)18-5-3-16(4-6-18)13-22(28)29/h3-6,9-12,14-15,17H,7-8,13H2,1-2H3,(H,26,30)(H,28,29). The quantitative estimate of drug-likeness (QED) is 0.578. The van der Waals surface area contributed by atoms with Crippen molar-refractivity contribution in [1.82, 2.24) is 9.78 Å². The first-order chi connectivity index (χ1) is 14.9. The van der Waals surface area contributed by atoms with Gasteiger partial charge in [-0.2, -0.15) is 5.10 Å². The number of aromatic nitrogens is 2. The topological polar surface area (TPSA) is 93.4 Å². The molecule has 2 N–H and O–H groups in total. The number of rotatable bonds is 7.